The van der Waals surface area contributed by atoms with Gasteiger partial charge in [0.05, 0.1) is 45.0 Å². The maximum Gasteiger partial charge on any atom is 0.343 e. The number of nitrogens with one attached hydrogen (secondary N) is 1. The Hall–Kier alpha value is -2.81. The van der Waals surface area contributed by atoms with E-state index < -0.39 is 22.7 Å². The molecule has 4 rings (SSSR count). The molecule has 2 heterocycles. The normalized spacial score (nSPS) is 39.7. The number of nitriles is 2. The summed E-state index contributed by atoms with van der Waals surface area (Å²) in [4.78, 5) is 2.94. The van der Waals surface area contributed by atoms with Gasteiger partial charge in [-0.3, -0.25) is 5.73 Å². The lowest BCUT2D eigenvalue weighted by molar-refractivity contribution is -0.677. The summed E-state index contributed by atoms with van der Waals surface area (Å²) in [5, 5.41) is 20.2. The molecule has 1 aromatic rings. The van der Waals surface area contributed by atoms with Gasteiger partial charge in [-0.05, 0) is 13.0 Å². The average Bonchev–Trinajstić information content (AvgIpc) is 3.04. The summed E-state index contributed by atoms with van der Waals surface area (Å²) in [6.07, 6.45) is -0.228. The van der Waals surface area contributed by atoms with Crippen LogP contribution in [0.2, 0.25) is 0 Å². The molecular weight excluding hydrogens is 336 g/mol. The largest absolute Gasteiger partial charge is 0.497 e. The third-order valence-corrected chi connectivity index (χ3v) is 5.64. The molecule has 26 heavy (non-hydrogen) atoms. The van der Waals surface area contributed by atoms with Crippen LogP contribution in [-0.4, -0.2) is 38.7 Å². The van der Waals surface area contributed by atoms with Gasteiger partial charge < -0.3 is 18.9 Å². The van der Waals surface area contributed by atoms with Crippen LogP contribution < -0.4 is 20.2 Å². The minimum atomic E-state index is -1.45. The van der Waals surface area contributed by atoms with Crippen LogP contribution in [0.15, 0.2) is 18.2 Å². The molecule has 2 aliphatic heterocycles. The van der Waals surface area contributed by atoms with E-state index in [4.69, 9.17) is 24.7 Å². The van der Waals surface area contributed by atoms with E-state index in [-0.39, 0.29) is 11.9 Å². The van der Waals surface area contributed by atoms with Gasteiger partial charge in [-0.15, -0.1) is 0 Å². The lowest BCUT2D eigenvalue weighted by atomic mass is 9.93. The highest BCUT2D eigenvalue weighted by Gasteiger charge is 2.98. The van der Waals surface area contributed by atoms with Crippen LogP contribution in [-0.2, 0) is 9.47 Å². The van der Waals surface area contributed by atoms with Gasteiger partial charge in [0.15, 0.2) is 10.8 Å². The molecule has 3 aliphatic rings. The fourth-order valence-corrected chi connectivity index (χ4v) is 4.49. The second kappa shape index (κ2) is 5.10. The van der Waals surface area contributed by atoms with E-state index in [1.165, 1.54) is 7.11 Å². The van der Waals surface area contributed by atoms with E-state index in [0.717, 1.165) is 0 Å². The molecule has 0 unspecified atom stereocenters. The molecule has 0 radical (unpaired) electrons. The van der Waals surface area contributed by atoms with Crippen molar-refractivity contribution in [3.63, 3.8) is 0 Å². The molecule has 1 aliphatic carbocycles. The third kappa shape index (κ3) is 1.57. The molecule has 8 nitrogen and oxygen atoms in total. The van der Waals surface area contributed by atoms with Gasteiger partial charge in [0.25, 0.3) is 5.84 Å². The zero-order chi connectivity index (χ0) is 18.7. The van der Waals surface area contributed by atoms with Crippen LogP contribution in [0.4, 0.5) is 0 Å². The van der Waals surface area contributed by atoms with Crippen molar-refractivity contribution in [2.75, 3.05) is 20.8 Å². The van der Waals surface area contributed by atoms with Crippen LogP contribution in [0.5, 0.6) is 11.5 Å². The van der Waals surface area contributed by atoms with Gasteiger partial charge in [0.2, 0.25) is 0 Å². The predicted octanol–water partition coefficient (Wildman–Crippen LogP) is -0.639. The number of nitrogens with zero attached hydrogens (tertiary/aromatic N) is 2. The van der Waals surface area contributed by atoms with Gasteiger partial charge >= 0.3 is 5.91 Å². The number of rotatable bonds is 3. The first kappa shape index (κ1) is 16.6. The molecule has 0 aromatic heterocycles. The summed E-state index contributed by atoms with van der Waals surface area (Å²) in [6, 6.07) is 9.82. The minimum absolute atomic E-state index is 0.179. The summed E-state index contributed by atoms with van der Waals surface area (Å²) in [7, 11) is 3.08. The molecule has 1 saturated heterocycles. The lowest BCUT2D eigenvalue weighted by Crippen LogP contribution is -2.90. The highest BCUT2D eigenvalue weighted by molar-refractivity contribution is 5.95. The minimum Gasteiger partial charge on any atom is -0.497 e. The number of fused-ring (bicyclic) bond motifs is 2. The maximum atomic E-state index is 10.2. The number of benzene rings is 1. The van der Waals surface area contributed by atoms with Crippen LogP contribution in [0.3, 0.4) is 0 Å². The Morgan fingerprint density at radius 1 is 1.27 bits per heavy atom. The number of nitrogens with two attached hydrogens (primary N) is 1. The van der Waals surface area contributed by atoms with Crippen molar-refractivity contribution in [1.29, 1.82) is 10.5 Å². The van der Waals surface area contributed by atoms with Crippen molar-refractivity contribution in [3.05, 3.63) is 23.8 Å². The standard InChI is InChI=1S/C18H18N4O4/c1-10-7-25-18(26-10)17(9-20)14(16(17,8-19)15(21)22-18)12-5-4-11(23-2)6-13(12)24-3/h4-6,10,14H,7H2,1-3H3,(H2,21,22)/p+1/t10-,14+,16+,17+,18+/m0/s1. The Labute approximate surface area is 150 Å². The molecule has 1 aromatic carbocycles. The van der Waals surface area contributed by atoms with Gasteiger partial charge in [0.1, 0.15) is 11.5 Å². The van der Waals surface area contributed by atoms with Gasteiger partial charge in [-0.25, -0.2) is 4.99 Å². The summed E-state index contributed by atoms with van der Waals surface area (Å²) in [6.45, 7) is 2.15. The third-order valence-electron chi connectivity index (χ3n) is 5.64. The molecule has 0 bridgehead atoms. The van der Waals surface area contributed by atoms with Gasteiger partial charge in [-0.2, -0.15) is 10.5 Å². The van der Waals surface area contributed by atoms with E-state index in [9.17, 15) is 10.5 Å². The Morgan fingerprint density at radius 2 is 2.04 bits per heavy atom. The van der Waals surface area contributed by atoms with E-state index in [2.05, 4.69) is 17.1 Å². The van der Waals surface area contributed by atoms with Crippen molar-refractivity contribution in [2.24, 2.45) is 16.6 Å². The van der Waals surface area contributed by atoms with E-state index in [1.54, 1.807) is 25.3 Å². The molecule has 3 N–H and O–H groups in total. The summed E-state index contributed by atoms with van der Waals surface area (Å²) >= 11 is 0. The SMILES string of the molecule is COc1ccc([C@H]2[C@@]3(C#N)[C@@]4([NH+]=C(N)[C@@]23C#N)OC[C@H](C)O4)c(OC)c1. The number of hydrogen-bond acceptors (Lipinski definition) is 7. The zero-order valence-electron chi connectivity index (χ0n) is 14.7. The topological polar surface area (TPSA) is 124 Å². The molecule has 1 spiro atoms. The first-order valence-corrected chi connectivity index (χ1v) is 8.23. The highest BCUT2D eigenvalue weighted by Crippen LogP contribution is 2.80. The predicted molar refractivity (Wildman–Crippen MR) is 87.8 cm³/mol. The van der Waals surface area contributed by atoms with E-state index in [0.29, 0.717) is 23.7 Å². The average molecular weight is 355 g/mol. The summed E-state index contributed by atoms with van der Waals surface area (Å²) in [5.74, 6) is -0.700. The molecule has 8 heteroatoms. The quantitative estimate of drug-likeness (QED) is 0.739. The molecule has 5 atom stereocenters. The number of hydrogen-bond donors (Lipinski definition) is 2. The number of methoxy groups -OCH3 is 2. The number of ether oxygens (including phenoxy) is 4. The Balaban J connectivity index is 1.91. The fraction of sp³-hybridized carbons (Fsp3) is 0.500. The van der Waals surface area contributed by atoms with Crippen LogP contribution in [0, 0.1) is 33.5 Å². The summed E-state index contributed by atoms with van der Waals surface area (Å²) < 4.78 is 22.5. The Kier molecular flexibility index (Phi) is 3.27. The zero-order valence-corrected chi connectivity index (χ0v) is 14.7. The molecule has 134 valence electrons. The first-order chi connectivity index (χ1) is 12.5. The van der Waals surface area contributed by atoms with Gasteiger partial charge in [-0.1, -0.05) is 6.07 Å². The second-order valence-corrected chi connectivity index (χ2v) is 6.78. The number of amidine groups is 1. The molecule has 1 saturated carbocycles. The van der Waals surface area contributed by atoms with E-state index >= 15 is 0 Å². The van der Waals surface area contributed by atoms with Crippen molar-refractivity contribution >= 4 is 5.84 Å². The van der Waals surface area contributed by atoms with Crippen LogP contribution >= 0.6 is 0 Å². The van der Waals surface area contributed by atoms with Crippen LogP contribution in [0.25, 0.3) is 0 Å². The monoisotopic (exact) mass is 355 g/mol. The fourth-order valence-electron chi connectivity index (χ4n) is 4.49. The molecular formula is C18H19N4O4+. The van der Waals surface area contributed by atoms with Gasteiger partial charge in [0, 0.05) is 11.6 Å². The first-order valence-electron chi connectivity index (χ1n) is 8.23. The molecule has 0 amide bonds. The van der Waals surface area contributed by atoms with Crippen molar-refractivity contribution in [2.45, 2.75) is 24.9 Å². The van der Waals surface area contributed by atoms with Crippen molar-refractivity contribution in [3.8, 4) is 23.6 Å². The smallest absolute Gasteiger partial charge is 0.343 e. The Morgan fingerprint density at radius 3 is 2.58 bits per heavy atom. The highest BCUT2D eigenvalue weighted by atomic mass is 16.8. The molecule has 2 fully saturated rings. The van der Waals surface area contributed by atoms with Crippen molar-refractivity contribution in [1.82, 2.24) is 0 Å². The summed E-state index contributed by atoms with van der Waals surface area (Å²) in [5.41, 5.74) is 4.31. The second-order valence-electron chi connectivity index (χ2n) is 6.78. The van der Waals surface area contributed by atoms with Crippen LogP contribution in [0.1, 0.15) is 18.4 Å². The lowest BCUT2D eigenvalue weighted by Gasteiger charge is -2.24. The maximum absolute atomic E-state index is 10.2. The van der Waals surface area contributed by atoms with E-state index in [1.807, 2.05) is 6.92 Å². The van der Waals surface area contributed by atoms with Crippen molar-refractivity contribution < 1.29 is 23.9 Å². The Bertz CT molecular complexity index is 903.